The summed E-state index contributed by atoms with van der Waals surface area (Å²) in [6.07, 6.45) is 8.13. The molecule has 1 saturated carbocycles. The number of benzene rings is 1. The molecule has 0 spiro atoms. The van der Waals surface area contributed by atoms with Gasteiger partial charge >= 0.3 is 0 Å². The monoisotopic (exact) mass is 354 g/mol. The van der Waals surface area contributed by atoms with E-state index in [1.807, 2.05) is 18.2 Å². The normalized spacial score (nSPS) is 31.1. The minimum absolute atomic E-state index is 0.202. The van der Waals surface area contributed by atoms with Crippen LogP contribution in [0.3, 0.4) is 0 Å². The molecule has 0 radical (unpaired) electrons. The van der Waals surface area contributed by atoms with Gasteiger partial charge in [-0.25, -0.2) is 4.99 Å². The van der Waals surface area contributed by atoms with Crippen LogP contribution in [0, 0.1) is 17.8 Å². The second-order valence-corrected chi connectivity index (χ2v) is 8.06. The number of nitrogens with one attached hydrogen (secondary N) is 1. The predicted molar refractivity (Wildman–Crippen MR) is 104 cm³/mol. The molecule has 4 nitrogen and oxygen atoms in total. The molecule has 3 atom stereocenters. The molecule has 1 N–H and O–H groups in total. The molecule has 0 amide bonds. The summed E-state index contributed by atoms with van der Waals surface area (Å²) in [6, 6.07) is 6.15. The Labute approximate surface area is 153 Å². The van der Waals surface area contributed by atoms with Crippen LogP contribution in [0.15, 0.2) is 40.5 Å². The number of hydrogen-bond donors (Lipinski definition) is 1. The Balaban J connectivity index is 1.51. The van der Waals surface area contributed by atoms with Crippen LogP contribution >= 0.6 is 11.6 Å². The molecule has 130 valence electrons. The number of piperidine rings is 1. The van der Waals surface area contributed by atoms with Crippen molar-refractivity contribution in [3.05, 3.63) is 35.5 Å². The van der Waals surface area contributed by atoms with Crippen molar-refractivity contribution in [2.75, 3.05) is 18.0 Å². The van der Waals surface area contributed by atoms with Crippen LogP contribution in [0.2, 0.25) is 5.02 Å². The fourth-order valence-corrected chi connectivity index (χ4v) is 4.66. The van der Waals surface area contributed by atoms with Gasteiger partial charge in [0.05, 0.1) is 23.1 Å². The Bertz CT molecular complexity index is 791. The quantitative estimate of drug-likeness (QED) is 0.865. The summed E-state index contributed by atoms with van der Waals surface area (Å²) in [7, 11) is 0. The van der Waals surface area contributed by atoms with E-state index in [9.17, 15) is 0 Å². The van der Waals surface area contributed by atoms with Crippen LogP contribution in [0.4, 0.5) is 11.4 Å². The van der Waals surface area contributed by atoms with Gasteiger partial charge in [0.25, 0.3) is 0 Å². The summed E-state index contributed by atoms with van der Waals surface area (Å²) in [4.78, 5) is 12.2. The van der Waals surface area contributed by atoms with Crippen molar-refractivity contribution in [1.29, 1.82) is 0 Å². The summed E-state index contributed by atoms with van der Waals surface area (Å²) >= 11 is 6.23. The number of hydrogen-bond acceptors (Lipinski definition) is 4. The van der Waals surface area contributed by atoms with Gasteiger partial charge < -0.3 is 5.32 Å². The van der Waals surface area contributed by atoms with Gasteiger partial charge in [0.1, 0.15) is 0 Å². The maximum Gasteiger partial charge on any atom is 0.155 e. The molecule has 3 heterocycles. The number of nitrogens with zero attached hydrogens (tertiary/aromatic N) is 3. The fraction of sp³-hybridized carbons (Fsp3) is 0.500. The third kappa shape index (κ3) is 2.72. The highest BCUT2D eigenvalue weighted by Gasteiger charge is 2.49. The number of amidine groups is 1. The summed E-state index contributed by atoms with van der Waals surface area (Å²) in [5.41, 5.74) is 3.24. The first-order chi connectivity index (χ1) is 12.2. The molecule has 4 aliphatic rings. The highest BCUT2D eigenvalue weighted by Crippen LogP contribution is 2.51. The molecule has 3 unspecified atom stereocenters. The zero-order chi connectivity index (χ0) is 17.0. The van der Waals surface area contributed by atoms with Crippen molar-refractivity contribution in [1.82, 2.24) is 5.32 Å². The Morgan fingerprint density at radius 3 is 2.92 bits per heavy atom. The van der Waals surface area contributed by atoms with E-state index < -0.39 is 0 Å². The molecule has 5 heteroatoms. The topological polar surface area (TPSA) is 40.0 Å². The van der Waals surface area contributed by atoms with Gasteiger partial charge in [-0.05, 0) is 75.4 Å². The van der Waals surface area contributed by atoms with Crippen LogP contribution in [0.1, 0.15) is 26.2 Å². The average Bonchev–Trinajstić information content (AvgIpc) is 3.42. The van der Waals surface area contributed by atoms with Gasteiger partial charge in [-0.2, -0.15) is 0 Å². The van der Waals surface area contributed by atoms with E-state index in [2.05, 4.69) is 29.4 Å². The van der Waals surface area contributed by atoms with E-state index in [4.69, 9.17) is 21.6 Å². The van der Waals surface area contributed by atoms with Crippen molar-refractivity contribution >= 4 is 34.5 Å². The minimum Gasteiger partial charge on any atom is -0.317 e. The molecule has 1 aromatic carbocycles. The summed E-state index contributed by atoms with van der Waals surface area (Å²) in [6.45, 7) is 4.45. The van der Waals surface area contributed by atoms with Gasteiger partial charge in [-0.15, -0.1) is 0 Å². The molecular formula is C20H23ClN4. The summed E-state index contributed by atoms with van der Waals surface area (Å²) in [5, 5.41) is 4.22. The Morgan fingerprint density at radius 1 is 1.24 bits per heavy atom. The van der Waals surface area contributed by atoms with Crippen molar-refractivity contribution in [2.45, 2.75) is 32.2 Å². The van der Waals surface area contributed by atoms with E-state index in [0.29, 0.717) is 5.92 Å². The SMILES string of the molecule is CC1C=CN2C(=N1)C(C1CC1C1CCNCC1)=Nc1ccc(Cl)cc12. The lowest BCUT2D eigenvalue weighted by molar-refractivity contribution is 0.332. The van der Waals surface area contributed by atoms with Gasteiger partial charge in [-0.3, -0.25) is 9.89 Å². The van der Waals surface area contributed by atoms with Crippen LogP contribution in [0.5, 0.6) is 0 Å². The second-order valence-electron chi connectivity index (χ2n) is 7.63. The number of rotatable bonds is 2. The summed E-state index contributed by atoms with van der Waals surface area (Å²) in [5.74, 6) is 3.21. The number of aliphatic imine (C=N–C) groups is 2. The van der Waals surface area contributed by atoms with Crippen LogP contribution < -0.4 is 10.2 Å². The van der Waals surface area contributed by atoms with Crippen molar-refractivity contribution < 1.29 is 0 Å². The summed E-state index contributed by atoms with van der Waals surface area (Å²) < 4.78 is 0. The van der Waals surface area contributed by atoms with E-state index in [-0.39, 0.29) is 6.04 Å². The second kappa shape index (κ2) is 5.96. The van der Waals surface area contributed by atoms with Gasteiger partial charge in [0.15, 0.2) is 5.84 Å². The van der Waals surface area contributed by atoms with Crippen molar-refractivity contribution in [3.63, 3.8) is 0 Å². The predicted octanol–water partition coefficient (Wildman–Crippen LogP) is 4.18. The van der Waals surface area contributed by atoms with Gasteiger partial charge in [0, 0.05) is 17.1 Å². The maximum atomic E-state index is 6.23. The molecular weight excluding hydrogens is 332 g/mol. The van der Waals surface area contributed by atoms with Crippen LogP contribution in [-0.4, -0.2) is 30.7 Å². The zero-order valence-corrected chi connectivity index (χ0v) is 15.2. The van der Waals surface area contributed by atoms with E-state index in [0.717, 1.165) is 47.2 Å². The molecule has 3 aliphatic heterocycles. The molecule has 0 aromatic heterocycles. The lowest BCUT2D eigenvalue weighted by Crippen LogP contribution is -2.40. The first-order valence-electron chi connectivity index (χ1n) is 9.35. The van der Waals surface area contributed by atoms with Crippen LogP contribution in [0.25, 0.3) is 0 Å². The molecule has 1 aliphatic carbocycles. The van der Waals surface area contributed by atoms with Crippen LogP contribution in [-0.2, 0) is 0 Å². The van der Waals surface area contributed by atoms with Crippen molar-refractivity contribution in [3.8, 4) is 0 Å². The first-order valence-corrected chi connectivity index (χ1v) is 9.73. The number of anilines is 1. The first kappa shape index (κ1) is 15.6. The third-order valence-electron chi connectivity index (χ3n) is 5.92. The highest BCUT2D eigenvalue weighted by molar-refractivity contribution is 6.50. The highest BCUT2D eigenvalue weighted by atomic mass is 35.5. The minimum atomic E-state index is 0.202. The molecule has 0 bridgehead atoms. The Hall–Kier alpha value is -1.65. The fourth-order valence-electron chi connectivity index (χ4n) is 4.50. The maximum absolute atomic E-state index is 6.23. The lowest BCUT2D eigenvalue weighted by atomic mass is 9.90. The molecule has 25 heavy (non-hydrogen) atoms. The Kier molecular flexibility index (Phi) is 3.72. The van der Waals surface area contributed by atoms with Gasteiger partial charge in [-0.1, -0.05) is 11.6 Å². The Morgan fingerprint density at radius 2 is 2.08 bits per heavy atom. The number of fused-ring (bicyclic) bond motifs is 3. The lowest BCUT2D eigenvalue weighted by Gasteiger charge is -2.32. The smallest absolute Gasteiger partial charge is 0.155 e. The zero-order valence-electron chi connectivity index (χ0n) is 14.5. The molecule has 5 rings (SSSR count). The largest absolute Gasteiger partial charge is 0.317 e. The van der Waals surface area contributed by atoms with Crippen molar-refractivity contribution in [2.24, 2.45) is 27.7 Å². The molecule has 1 aromatic rings. The van der Waals surface area contributed by atoms with E-state index >= 15 is 0 Å². The molecule has 1 saturated heterocycles. The van der Waals surface area contributed by atoms with E-state index in [1.165, 1.54) is 25.0 Å². The standard InChI is InChI=1S/C20H23ClN4/c1-12-6-9-25-18-10-14(21)2-3-17(18)24-19(20(25)23-12)16-11-15(16)13-4-7-22-8-5-13/h2-3,6,9-10,12-13,15-16,22H,4-5,7-8,11H2,1H3. The number of halogens is 1. The average molecular weight is 355 g/mol. The molecule has 2 fully saturated rings. The van der Waals surface area contributed by atoms with E-state index in [1.54, 1.807) is 0 Å². The van der Waals surface area contributed by atoms with Gasteiger partial charge in [0.2, 0.25) is 0 Å². The third-order valence-corrected chi connectivity index (χ3v) is 6.15.